The number of hydrogen-bond donors (Lipinski definition) is 1. The van der Waals surface area contributed by atoms with Gasteiger partial charge in [-0.2, -0.15) is 4.98 Å². The molecule has 3 atom stereocenters. The van der Waals surface area contributed by atoms with Gasteiger partial charge in [-0.15, -0.1) is 0 Å². The van der Waals surface area contributed by atoms with Gasteiger partial charge >= 0.3 is 0 Å². The lowest BCUT2D eigenvalue weighted by atomic mass is 9.79. The van der Waals surface area contributed by atoms with Crippen LogP contribution in [0.2, 0.25) is 0 Å². The zero-order valence-corrected chi connectivity index (χ0v) is 13.5. The Morgan fingerprint density at radius 3 is 3.09 bits per heavy atom. The molecule has 2 aliphatic rings. The van der Waals surface area contributed by atoms with Crippen LogP contribution in [0.1, 0.15) is 31.9 Å². The Morgan fingerprint density at radius 1 is 1.39 bits per heavy atom. The number of aliphatic hydroxyl groups is 1. The zero-order chi connectivity index (χ0) is 16.0. The second kappa shape index (κ2) is 5.42. The molecule has 2 saturated heterocycles. The van der Waals surface area contributed by atoms with Gasteiger partial charge < -0.3 is 19.3 Å². The van der Waals surface area contributed by atoms with Crippen LogP contribution in [0, 0.1) is 12.8 Å². The number of rotatable bonds is 2. The molecular weight excluding hydrogens is 296 g/mol. The van der Waals surface area contributed by atoms with Crippen molar-refractivity contribution in [3.8, 4) is 0 Å². The lowest BCUT2D eigenvalue weighted by Crippen LogP contribution is -2.52. The Bertz CT molecular complexity index is 714. The zero-order valence-electron chi connectivity index (χ0n) is 13.5. The predicted molar refractivity (Wildman–Crippen MR) is 84.3 cm³/mol. The Balaban J connectivity index is 1.74. The SMILES string of the molecule is Cc1noc2ncnc(N3CCCC3C3COCCC3(C)O)c12. The summed E-state index contributed by atoms with van der Waals surface area (Å²) in [6.07, 6.45) is 4.30. The number of ether oxygens (including phenoxy) is 1. The molecule has 0 aromatic carbocycles. The molecule has 3 unspecified atom stereocenters. The van der Waals surface area contributed by atoms with Gasteiger partial charge in [0.25, 0.3) is 5.71 Å². The summed E-state index contributed by atoms with van der Waals surface area (Å²) in [6, 6.07) is 0.206. The molecule has 0 saturated carbocycles. The molecule has 1 N–H and O–H groups in total. The van der Waals surface area contributed by atoms with E-state index in [0.29, 0.717) is 25.3 Å². The highest BCUT2D eigenvalue weighted by molar-refractivity contribution is 5.88. The minimum atomic E-state index is -0.707. The summed E-state index contributed by atoms with van der Waals surface area (Å²) >= 11 is 0. The molecule has 0 amide bonds. The van der Waals surface area contributed by atoms with Crippen molar-refractivity contribution in [2.45, 2.75) is 44.8 Å². The summed E-state index contributed by atoms with van der Waals surface area (Å²) in [5.74, 6) is 0.932. The van der Waals surface area contributed by atoms with Crippen LogP contribution in [0.4, 0.5) is 5.82 Å². The molecule has 4 rings (SSSR count). The number of aromatic nitrogens is 3. The minimum absolute atomic E-state index is 0.0731. The molecule has 2 aromatic rings. The van der Waals surface area contributed by atoms with E-state index in [0.717, 1.165) is 36.3 Å². The van der Waals surface area contributed by atoms with Crippen molar-refractivity contribution in [1.82, 2.24) is 15.1 Å². The van der Waals surface area contributed by atoms with E-state index >= 15 is 0 Å². The summed E-state index contributed by atoms with van der Waals surface area (Å²) in [4.78, 5) is 10.9. The highest BCUT2D eigenvalue weighted by Gasteiger charge is 2.45. The topological polar surface area (TPSA) is 84.5 Å². The summed E-state index contributed by atoms with van der Waals surface area (Å²) in [7, 11) is 0. The van der Waals surface area contributed by atoms with Crippen molar-refractivity contribution in [2.75, 3.05) is 24.7 Å². The fourth-order valence-electron chi connectivity index (χ4n) is 3.97. The van der Waals surface area contributed by atoms with Crippen molar-refractivity contribution in [3.63, 3.8) is 0 Å². The number of anilines is 1. The molecule has 23 heavy (non-hydrogen) atoms. The molecule has 2 fully saturated rings. The maximum Gasteiger partial charge on any atom is 0.263 e. The monoisotopic (exact) mass is 318 g/mol. The molecule has 7 heteroatoms. The van der Waals surface area contributed by atoms with Crippen LogP contribution in [0.3, 0.4) is 0 Å². The van der Waals surface area contributed by atoms with Crippen molar-refractivity contribution in [3.05, 3.63) is 12.0 Å². The minimum Gasteiger partial charge on any atom is -0.390 e. The van der Waals surface area contributed by atoms with Crippen LogP contribution in [0.5, 0.6) is 0 Å². The molecule has 124 valence electrons. The highest BCUT2D eigenvalue weighted by atomic mass is 16.5. The van der Waals surface area contributed by atoms with Crippen LogP contribution in [0.15, 0.2) is 10.9 Å². The van der Waals surface area contributed by atoms with E-state index in [4.69, 9.17) is 9.26 Å². The molecule has 2 aromatic heterocycles. The first-order chi connectivity index (χ1) is 11.1. The van der Waals surface area contributed by atoms with Crippen molar-refractivity contribution in [1.29, 1.82) is 0 Å². The largest absolute Gasteiger partial charge is 0.390 e. The molecule has 7 nitrogen and oxygen atoms in total. The standard InChI is InChI=1S/C16H22N4O3/c1-10-13-14(17-9-18-15(13)23-19-10)20-6-3-4-12(20)11-8-22-7-5-16(11,2)21/h9,11-12,21H,3-8H2,1-2H3. The molecular formula is C16H22N4O3. The van der Waals surface area contributed by atoms with Gasteiger partial charge in [0.2, 0.25) is 0 Å². The molecule has 0 aliphatic carbocycles. The number of fused-ring (bicyclic) bond motifs is 1. The van der Waals surface area contributed by atoms with Gasteiger partial charge in [-0.05, 0) is 33.1 Å². The average molecular weight is 318 g/mol. The Kier molecular flexibility index (Phi) is 3.50. The van der Waals surface area contributed by atoms with E-state index in [-0.39, 0.29) is 12.0 Å². The predicted octanol–water partition coefficient (Wildman–Crippen LogP) is 1.68. The third kappa shape index (κ3) is 2.38. The normalized spacial score (nSPS) is 31.9. The van der Waals surface area contributed by atoms with E-state index in [1.807, 2.05) is 13.8 Å². The van der Waals surface area contributed by atoms with Crippen molar-refractivity contribution < 1.29 is 14.4 Å². The second-order valence-electron chi connectivity index (χ2n) is 6.84. The first kappa shape index (κ1) is 14.8. The first-order valence-corrected chi connectivity index (χ1v) is 8.21. The summed E-state index contributed by atoms with van der Waals surface area (Å²) in [5, 5.41) is 15.7. The van der Waals surface area contributed by atoms with Crippen molar-refractivity contribution in [2.24, 2.45) is 5.92 Å². The van der Waals surface area contributed by atoms with E-state index in [1.165, 1.54) is 6.33 Å². The third-order valence-corrected chi connectivity index (χ3v) is 5.31. The Morgan fingerprint density at radius 2 is 2.26 bits per heavy atom. The Hall–Kier alpha value is -1.73. The highest BCUT2D eigenvalue weighted by Crippen LogP contribution is 2.39. The molecule has 2 aliphatic heterocycles. The fraction of sp³-hybridized carbons (Fsp3) is 0.688. The summed E-state index contributed by atoms with van der Waals surface area (Å²) in [6.45, 7) is 5.96. The van der Waals surface area contributed by atoms with E-state index in [2.05, 4.69) is 20.0 Å². The van der Waals surface area contributed by atoms with Crippen LogP contribution in [0.25, 0.3) is 11.1 Å². The van der Waals surface area contributed by atoms with E-state index < -0.39 is 5.60 Å². The molecule has 0 spiro atoms. The van der Waals surface area contributed by atoms with Gasteiger partial charge in [0.1, 0.15) is 17.5 Å². The third-order valence-electron chi connectivity index (χ3n) is 5.31. The number of aryl methyl sites for hydroxylation is 1. The van der Waals surface area contributed by atoms with Gasteiger partial charge in [-0.25, -0.2) is 4.98 Å². The quantitative estimate of drug-likeness (QED) is 0.901. The van der Waals surface area contributed by atoms with Gasteiger partial charge in [0.15, 0.2) is 0 Å². The fourth-order valence-corrected chi connectivity index (χ4v) is 3.97. The first-order valence-electron chi connectivity index (χ1n) is 8.21. The number of nitrogens with zero attached hydrogens (tertiary/aromatic N) is 4. The van der Waals surface area contributed by atoms with Crippen LogP contribution in [-0.4, -0.2) is 51.6 Å². The summed E-state index contributed by atoms with van der Waals surface area (Å²) in [5.41, 5.74) is 0.610. The summed E-state index contributed by atoms with van der Waals surface area (Å²) < 4.78 is 10.9. The van der Waals surface area contributed by atoms with E-state index in [9.17, 15) is 5.11 Å². The van der Waals surface area contributed by atoms with Crippen LogP contribution >= 0.6 is 0 Å². The maximum atomic E-state index is 10.8. The van der Waals surface area contributed by atoms with Crippen molar-refractivity contribution >= 4 is 16.9 Å². The molecule has 0 bridgehead atoms. The maximum absolute atomic E-state index is 10.8. The van der Waals surface area contributed by atoms with E-state index in [1.54, 1.807) is 0 Å². The van der Waals surface area contributed by atoms with Gasteiger partial charge in [0.05, 0.1) is 17.9 Å². The molecule has 0 radical (unpaired) electrons. The van der Waals surface area contributed by atoms with Crippen LogP contribution < -0.4 is 4.90 Å². The number of hydrogen-bond acceptors (Lipinski definition) is 7. The second-order valence-corrected chi connectivity index (χ2v) is 6.84. The Labute approximate surface area is 134 Å². The lowest BCUT2D eigenvalue weighted by Gasteiger charge is -2.43. The van der Waals surface area contributed by atoms with Crippen LogP contribution in [-0.2, 0) is 4.74 Å². The smallest absolute Gasteiger partial charge is 0.263 e. The van der Waals surface area contributed by atoms with Gasteiger partial charge in [-0.1, -0.05) is 5.16 Å². The van der Waals surface area contributed by atoms with Gasteiger partial charge in [-0.3, -0.25) is 0 Å². The van der Waals surface area contributed by atoms with Gasteiger partial charge in [0, 0.05) is 25.1 Å². The molecule has 4 heterocycles. The lowest BCUT2D eigenvalue weighted by molar-refractivity contribution is -0.108. The average Bonchev–Trinajstić information content (AvgIpc) is 3.14.